The van der Waals surface area contributed by atoms with Crippen LogP contribution in [-0.2, 0) is 0 Å². The number of aliphatic hydroxyl groups excluding tert-OH is 1. The van der Waals surface area contributed by atoms with Gasteiger partial charge in [-0.05, 0) is 47.2 Å². The Bertz CT molecular complexity index is 738. The summed E-state index contributed by atoms with van der Waals surface area (Å²) in [6.45, 7) is 5.87. The fraction of sp³-hybridized carbons (Fsp3) is 0.350. The van der Waals surface area contributed by atoms with Gasteiger partial charge in [-0.3, -0.25) is 4.79 Å². The number of carbonyl (C=O) groups is 1. The lowest BCUT2D eigenvalue weighted by molar-refractivity contribution is 0.0469. The average molecular weight is 330 g/mol. The van der Waals surface area contributed by atoms with Crippen LogP contribution in [0, 0.1) is 11.2 Å². The zero-order valence-electron chi connectivity index (χ0n) is 14.5. The second kappa shape index (κ2) is 7.14. The molecule has 0 radical (unpaired) electrons. The van der Waals surface area contributed by atoms with Crippen LogP contribution in [0.25, 0.3) is 11.1 Å². The second-order valence-electron chi connectivity index (χ2n) is 6.55. The first-order valence-corrected chi connectivity index (χ1v) is 7.95. The van der Waals surface area contributed by atoms with E-state index in [2.05, 4.69) is 0 Å². The highest BCUT2D eigenvalue weighted by Gasteiger charge is 2.30. The summed E-state index contributed by atoms with van der Waals surface area (Å²) in [5.74, 6) is 0.124. The number of halogens is 1. The minimum absolute atomic E-state index is 0.341. The van der Waals surface area contributed by atoms with E-state index in [1.807, 2.05) is 20.8 Å². The van der Waals surface area contributed by atoms with E-state index in [0.29, 0.717) is 28.0 Å². The fourth-order valence-corrected chi connectivity index (χ4v) is 2.58. The first kappa shape index (κ1) is 18.1. The van der Waals surface area contributed by atoms with Crippen molar-refractivity contribution in [1.29, 1.82) is 0 Å². The fourth-order valence-electron chi connectivity index (χ4n) is 2.58. The van der Waals surface area contributed by atoms with Crippen LogP contribution in [0.1, 0.15) is 49.2 Å². The molecular weight excluding hydrogens is 307 g/mol. The molecule has 2 rings (SSSR count). The molecule has 1 unspecified atom stereocenters. The maximum absolute atomic E-state index is 14.4. The summed E-state index contributed by atoms with van der Waals surface area (Å²) in [7, 11) is 1.52. The first-order chi connectivity index (χ1) is 11.3. The summed E-state index contributed by atoms with van der Waals surface area (Å²) >= 11 is 0. The summed E-state index contributed by atoms with van der Waals surface area (Å²) in [6.07, 6.45) is 0.628. The Morgan fingerprint density at radius 1 is 1.21 bits per heavy atom. The van der Waals surface area contributed by atoms with Crippen molar-refractivity contribution in [2.75, 3.05) is 7.11 Å². The van der Waals surface area contributed by atoms with Crippen molar-refractivity contribution in [3.8, 4) is 16.9 Å². The summed E-state index contributed by atoms with van der Waals surface area (Å²) < 4.78 is 19.6. The third-order valence-corrected chi connectivity index (χ3v) is 4.62. The molecule has 0 heterocycles. The molecule has 2 aromatic carbocycles. The second-order valence-corrected chi connectivity index (χ2v) is 6.55. The van der Waals surface area contributed by atoms with Crippen molar-refractivity contribution in [1.82, 2.24) is 0 Å². The molecule has 0 bridgehead atoms. The molecule has 128 valence electrons. The first-order valence-electron chi connectivity index (χ1n) is 7.95. The number of benzene rings is 2. The Morgan fingerprint density at radius 3 is 2.50 bits per heavy atom. The molecule has 1 atom stereocenters. The minimum atomic E-state index is -0.831. The van der Waals surface area contributed by atoms with Crippen molar-refractivity contribution >= 4 is 6.29 Å². The quantitative estimate of drug-likeness (QED) is 0.775. The molecule has 0 fully saturated rings. The lowest BCUT2D eigenvalue weighted by atomic mass is 9.78. The van der Waals surface area contributed by atoms with Crippen LogP contribution >= 0.6 is 0 Å². The molecule has 0 saturated carbocycles. The molecule has 2 aromatic rings. The van der Waals surface area contributed by atoms with Gasteiger partial charge in [-0.2, -0.15) is 0 Å². The van der Waals surface area contributed by atoms with Crippen LogP contribution in [0.5, 0.6) is 5.75 Å². The van der Waals surface area contributed by atoms with Gasteiger partial charge in [0, 0.05) is 11.1 Å². The van der Waals surface area contributed by atoms with Crippen molar-refractivity contribution in [3.63, 3.8) is 0 Å². The smallest absolute Gasteiger partial charge is 0.150 e. The summed E-state index contributed by atoms with van der Waals surface area (Å²) in [5.41, 5.74) is 1.48. The van der Waals surface area contributed by atoms with Crippen LogP contribution < -0.4 is 4.74 Å². The van der Waals surface area contributed by atoms with Crippen LogP contribution in [0.2, 0.25) is 0 Å². The number of aliphatic hydroxyl groups is 1. The molecule has 0 spiro atoms. The van der Waals surface area contributed by atoms with Gasteiger partial charge in [0.15, 0.2) is 0 Å². The molecule has 3 nitrogen and oxygen atoms in total. The van der Waals surface area contributed by atoms with Gasteiger partial charge < -0.3 is 9.84 Å². The zero-order valence-corrected chi connectivity index (χ0v) is 14.5. The van der Waals surface area contributed by atoms with E-state index in [-0.39, 0.29) is 0 Å². The van der Waals surface area contributed by atoms with E-state index in [1.54, 1.807) is 30.3 Å². The largest absolute Gasteiger partial charge is 0.497 e. The summed E-state index contributed by atoms with van der Waals surface area (Å²) in [4.78, 5) is 11.1. The van der Waals surface area contributed by atoms with E-state index < -0.39 is 17.3 Å². The average Bonchev–Trinajstić information content (AvgIpc) is 2.61. The Morgan fingerprint density at radius 2 is 1.92 bits per heavy atom. The Kier molecular flexibility index (Phi) is 5.40. The minimum Gasteiger partial charge on any atom is -0.497 e. The molecule has 0 aliphatic carbocycles. The Balaban J connectivity index is 2.69. The lowest BCUT2D eigenvalue weighted by Gasteiger charge is -2.31. The molecular formula is C20H23FO3. The molecule has 1 N–H and O–H groups in total. The van der Waals surface area contributed by atoms with Gasteiger partial charge in [0.05, 0.1) is 13.2 Å². The van der Waals surface area contributed by atoms with Crippen molar-refractivity contribution in [2.45, 2.75) is 33.3 Å². The third-order valence-electron chi connectivity index (χ3n) is 4.62. The lowest BCUT2D eigenvalue weighted by Crippen LogP contribution is -2.22. The number of methoxy groups -OCH3 is 1. The summed E-state index contributed by atoms with van der Waals surface area (Å²) in [5, 5.41) is 10.9. The molecule has 24 heavy (non-hydrogen) atoms. The third kappa shape index (κ3) is 3.49. The van der Waals surface area contributed by atoms with Crippen molar-refractivity contribution in [2.24, 2.45) is 5.41 Å². The van der Waals surface area contributed by atoms with E-state index >= 15 is 0 Å². The topological polar surface area (TPSA) is 46.5 Å². The normalized spacial score (nSPS) is 12.8. The van der Waals surface area contributed by atoms with E-state index in [4.69, 9.17) is 4.74 Å². The Labute approximate surface area is 142 Å². The maximum atomic E-state index is 14.4. The molecule has 0 aliphatic heterocycles. The number of hydrogen-bond acceptors (Lipinski definition) is 3. The van der Waals surface area contributed by atoms with Crippen LogP contribution in [0.4, 0.5) is 4.39 Å². The SMILES string of the molecule is CCC(C)(C)C(O)c1cc(C=O)ccc1-c1cc(OC)ccc1F. The number of aldehydes is 1. The van der Waals surface area contributed by atoms with Crippen LogP contribution in [0.3, 0.4) is 0 Å². The molecule has 0 aromatic heterocycles. The molecule has 0 saturated heterocycles. The van der Waals surface area contributed by atoms with Gasteiger partial charge in [0.2, 0.25) is 0 Å². The number of carbonyl (C=O) groups excluding carboxylic acids is 1. The molecule has 0 amide bonds. The predicted octanol–water partition coefficient (Wildman–Crippen LogP) is 4.78. The van der Waals surface area contributed by atoms with E-state index in [1.165, 1.54) is 13.2 Å². The number of hydrogen-bond donors (Lipinski definition) is 1. The predicted molar refractivity (Wildman–Crippen MR) is 92.8 cm³/mol. The van der Waals surface area contributed by atoms with Gasteiger partial charge in [-0.1, -0.05) is 32.9 Å². The highest BCUT2D eigenvalue weighted by atomic mass is 19.1. The van der Waals surface area contributed by atoms with Gasteiger partial charge >= 0.3 is 0 Å². The molecule has 0 aliphatic rings. The van der Waals surface area contributed by atoms with Gasteiger partial charge in [0.1, 0.15) is 17.9 Å². The zero-order chi connectivity index (χ0) is 17.9. The highest BCUT2D eigenvalue weighted by molar-refractivity contribution is 5.79. The van der Waals surface area contributed by atoms with E-state index in [0.717, 1.165) is 12.7 Å². The number of rotatable bonds is 6. The monoisotopic (exact) mass is 330 g/mol. The van der Waals surface area contributed by atoms with Gasteiger partial charge in [-0.15, -0.1) is 0 Å². The van der Waals surface area contributed by atoms with Gasteiger partial charge in [-0.25, -0.2) is 4.39 Å². The maximum Gasteiger partial charge on any atom is 0.150 e. The standard InChI is InChI=1S/C20H23FO3/c1-5-20(2,3)19(23)17-10-13(12-22)6-8-15(17)16-11-14(24-4)7-9-18(16)21/h6-12,19,23H,5H2,1-4H3. The van der Waals surface area contributed by atoms with Gasteiger partial charge in [0.25, 0.3) is 0 Å². The van der Waals surface area contributed by atoms with Crippen LogP contribution in [0.15, 0.2) is 36.4 Å². The van der Waals surface area contributed by atoms with Crippen molar-refractivity contribution < 1.29 is 19.0 Å². The number of ether oxygens (including phenoxy) is 1. The molecule has 4 heteroatoms. The van der Waals surface area contributed by atoms with Crippen molar-refractivity contribution in [3.05, 3.63) is 53.3 Å². The van der Waals surface area contributed by atoms with Crippen LogP contribution in [-0.4, -0.2) is 18.5 Å². The summed E-state index contributed by atoms with van der Waals surface area (Å²) in [6, 6.07) is 9.40. The highest BCUT2D eigenvalue weighted by Crippen LogP contribution is 2.41. The Hall–Kier alpha value is -2.20. The van der Waals surface area contributed by atoms with E-state index in [9.17, 15) is 14.3 Å².